The summed E-state index contributed by atoms with van der Waals surface area (Å²) in [5.41, 5.74) is 0.834. The van der Waals surface area contributed by atoms with Crippen LogP contribution in [-0.4, -0.2) is 4.98 Å². The minimum Gasteiger partial charge on any atom is -0.344 e. The fraction of sp³-hybridized carbons (Fsp3) is 0.167. The lowest BCUT2D eigenvalue weighted by Gasteiger charge is -1.96. The molecule has 3 N–H and O–H groups in total. The van der Waals surface area contributed by atoms with Crippen molar-refractivity contribution >= 4 is 23.2 Å². The Balaban J connectivity index is 0.000000810. The molecular formula is C6H8Cl2N2. The molecule has 0 unspecified atom stereocenters. The van der Waals surface area contributed by atoms with Gasteiger partial charge in [-0.25, -0.2) is 0 Å². The maximum absolute atomic E-state index is 5.53. The second-order valence-corrected chi connectivity index (χ2v) is 2.68. The van der Waals surface area contributed by atoms with Crippen LogP contribution in [0.15, 0.2) is 24.5 Å². The molecule has 0 aliphatic rings. The van der Waals surface area contributed by atoms with E-state index >= 15 is 0 Å². The molecular weight excluding hydrogens is 171 g/mol. The third-order valence-electron chi connectivity index (χ3n) is 0.936. The van der Waals surface area contributed by atoms with Gasteiger partial charge in [-0.2, -0.15) is 0 Å². The Morgan fingerprint density at radius 1 is 1.40 bits per heavy atom. The first kappa shape index (κ1) is 9.69. The number of hydrogen-bond acceptors (Lipinski definition) is 2. The molecule has 0 aromatic carbocycles. The monoisotopic (exact) mass is 178 g/mol. The summed E-state index contributed by atoms with van der Waals surface area (Å²) in [4.78, 5) is 3.38. The highest BCUT2D eigenvalue weighted by Gasteiger charge is 1.99. The Kier molecular flexibility index (Phi) is 4.36. The van der Waals surface area contributed by atoms with Crippen LogP contribution in [0.2, 0.25) is 0 Å². The molecule has 56 valence electrons. The summed E-state index contributed by atoms with van der Waals surface area (Å²) < 4.78 is 0. The quantitative estimate of drug-likeness (QED) is 0.673. The largest absolute Gasteiger partial charge is 0.344 e. The van der Waals surface area contributed by atoms with Crippen LogP contribution in [0.5, 0.6) is 0 Å². The number of hydrogen-bond donors (Lipinski definition) is 1. The van der Waals surface area contributed by atoms with Crippen molar-refractivity contribution in [2.24, 2.45) is 0 Å². The molecule has 0 amide bonds. The molecule has 2 nitrogen and oxygen atoms in total. The van der Waals surface area contributed by atoms with Gasteiger partial charge >= 0.3 is 0 Å². The third kappa shape index (κ3) is 2.52. The lowest BCUT2D eigenvalue weighted by atomic mass is 10.3. The van der Waals surface area contributed by atoms with Crippen molar-refractivity contribution < 1.29 is 0 Å². The van der Waals surface area contributed by atoms with Gasteiger partial charge in [0.05, 0.1) is 0 Å². The Bertz CT molecular complexity index is 176. The van der Waals surface area contributed by atoms with Crippen LogP contribution < -0.4 is 6.15 Å². The van der Waals surface area contributed by atoms with E-state index in [-0.39, 0.29) is 6.15 Å². The fourth-order valence-corrected chi connectivity index (χ4v) is 0.763. The highest BCUT2D eigenvalue weighted by Crippen LogP contribution is 2.22. The molecule has 1 rings (SSSR count). The fourth-order valence-electron chi connectivity index (χ4n) is 0.505. The first-order chi connectivity index (χ1) is 4.30. The van der Waals surface area contributed by atoms with Crippen LogP contribution in [-0.2, 0) is 0 Å². The smallest absolute Gasteiger partial charge is 0.134 e. The van der Waals surface area contributed by atoms with Crippen molar-refractivity contribution in [3.05, 3.63) is 30.1 Å². The number of rotatable bonds is 1. The molecule has 1 aromatic heterocycles. The van der Waals surface area contributed by atoms with Crippen LogP contribution in [0.25, 0.3) is 0 Å². The Hall–Kier alpha value is -0.310. The second-order valence-electron chi connectivity index (χ2n) is 1.59. The topological polar surface area (TPSA) is 47.9 Å². The average molecular weight is 179 g/mol. The van der Waals surface area contributed by atoms with E-state index in [1.54, 1.807) is 18.5 Å². The number of pyridine rings is 1. The molecule has 1 heterocycles. The predicted molar refractivity (Wildman–Crippen MR) is 43.7 cm³/mol. The highest BCUT2D eigenvalue weighted by atomic mass is 35.5. The Labute approximate surface area is 69.8 Å². The molecule has 0 saturated heterocycles. The highest BCUT2D eigenvalue weighted by molar-refractivity contribution is 6.44. The van der Waals surface area contributed by atoms with Crippen LogP contribution >= 0.6 is 23.2 Å². The van der Waals surface area contributed by atoms with E-state index in [4.69, 9.17) is 23.2 Å². The maximum Gasteiger partial charge on any atom is 0.134 e. The van der Waals surface area contributed by atoms with Crippen molar-refractivity contribution in [2.45, 2.75) is 4.84 Å². The standard InChI is InChI=1S/C6H5Cl2N.H3N/c7-6(8)5-2-1-3-9-4-5;/h1-4,6H;1H3. The number of halogens is 2. The summed E-state index contributed by atoms with van der Waals surface area (Å²) in [7, 11) is 0. The number of aromatic nitrogens is 1. The zero-order chi connectivity index (χ0) is 6.69. The van der Waals surface area contributed by atoms with Gasteiger partial charge in [-0.05, 0) is 6.07 Å². The predicted octanol–water partition coefficient (Wildman–Crippen LogP) is 2.72. The Morgan fingerprint density at radius 3 is 2.40 bits per heavy atom. The molecule has 0 spiro atoms. The third-order valence-corrected chi connectivity index (χ3v) is 1.44. The summed E-state index contributed by atoms with van der Waals surface area (Å²) in [6.45, 7) is 0. The van der Waals surface area contributed by atoms with Gasteiger partial charge in [0.2, 0.25) is 0 Å². The van der Waals surface area contributed by atoms with E-state index in [0.717, 1.165) is 5.56 Å². The van der Waals surface area contributed by atoms with Crippen molar-refractivity contribution in [1.82, 2.24) is 11.1 Å². The lowest BCUT2D eigenvalue weighted by Crippen LogP contribution is -1.80. The summed E-state index contributed by atoms with van der Waals surface area (Å²) in [5.74, 6) is 0. The Morgan fingerprint density at radius 2 is 2.10 bits per heavy atom. The van der Waals surface area contributed by atoms with Crippen LogP contribution in [0.3, 0.4) is 0 Å². The molecule has 10 heavy (non-hydrogen) atoms. The molecule has 0 bridgehead atoms. The van der Waals surface area contributed by atoms with E-state index in [0.29, 0.717) is 0 Å². The van der Waals surface area contributed by atoms with E-state index in [9.17, 15) is 0 Å². The van der Waals surface area contributed by atoms with Gasteiger partial charge < -0.3 is 6.15 Å². The average Bonchev–Trinajstić information content (AvgIpc) is 1.90. The molecule has 0 aliphatic carbocycles. The molecule has 0 fully saturated rings. The van der Waals surface area contributed by atoms with Crippen molar-refractivity contribution in [3.8, 4) is 0 Å². The number of alkyl halides is 2. The zero-order valence-corrected chi connectivity index (χ0v) is 6.81. The molecule has 1 aromatic rings. The van der Waals surface area contributed by atoms with Gasteiger partial charge in [0, 0.05) is 18.0 Å². The van der Waals surface area contributed by atoms with Gasteiger partial charge in [-0.15, -0.1) is 23.2 Å². The van der Waals surface area contributed by atoms with Gasteiger partial charge in [0.1, 0.15) is 4.84 Å². The number of nitrogens with zero attached hydrogens (tertiary/aromatic N) is 1. The summed E-state index contributed by atoms with van der Waals surface area (Å²) in [5, 5.41) is 0. The zero-order valence-electron chi connectivity index (χ0n) is 5.30. The van der Waals surface area contributed by atoms with Crippen LogP contribution in [0, 0.1) is 0 Å². The SMILES string of the molecule is ClC(Cl)c1cccnc1.N. The molecule has 0 atom stereocenters. The molecule has 4 heteroatoms. The minimum atomic E-state index is -0.460. The normalized spacial score (nSPS) is 9.10. The summed E-state index contributed by atoms with van der Waals surface area (Å²) >= 11 is 11.1. The second kappa shape index (κ2) is 4.50. The van der Waals surface area contributed by atoms with Gasteiger partial charge in [0.25, 0.3) is 0 Å². The van der Waals surface area contributed by atoms with E-state index in [1.165, 1.54) is 0 Å². The van der Waals surface area contributed by atoms with Crippen molar-refractivity contribution in [3.63, 3.8) is 0 Å². The lowest BCUT2D eigenvalue weighted by molar-refractivity contribution is 1.23. The van der Waals surface area contributed by atoms with Crippen molar-refractivity contribution in [1.29, 1.82) is 0 Å². The van der Waals surface area contributed by atoms with E-state index < -0.39 is 4.84 Å². The molecule has 0 aliphatic heterocycles. The summed E-state index contributed by atoms with van der Waals surface area (Å²) in [6, 6.07) is 3.63. The van der Waals surface area contributed by atoms with Crippen LogP contribution in [0.1, 0.15) is 10.4 Å². The molecule has 0 saturated carbocycles. The van der Waals surface area contributed by atoms with Gasteiger partial charge in [-0.3, -0.25) is 4.98 Å². The van der Waals surface area contributed by atoms with E-state index in [2.05, 4.69) is 4.98 Å². The first-order valence-electron chi connectivity index (χ1n) is 2.49. The molecule has 0 radical (unpaired) electrons. The first-order valence-corrected chi connectivity index (χ1v) is 3.36. The van der Waals surface area contributed by atoms with Crippen molar-refractivity contribution in [2.75, 3.05) is 0 Å². The van der Waals surface area contributed by atoms with Crippen LogP contribution in [0.4, 0.5) is 0 Å². The maximum atomic E-state index is 5.53. The minimum absolute atomic E-state index is 0. The van der Waals surface area contributed by atoms with Gasteiger partial charge in [-0.1, -0.05) is 6.07 Å². The van der Waals surface area contributed by atoms with E-state index in [1.807, 2.05) is 6.07 Å². The van der Waals surface area contributed by atoms with Gasteiger partial charge in [0.15, 0.2) is 0 Å². The summed E-state index contributed by atoms with van der Waals surface area (Å²) in [6.07, 6.45) is 3.32.